The molecule has 3 rings (SSSR count). The highest BCUT2D eigenvalue weighted by molar-refractivity contribution is 5.73. The van der Waals surface area contributed by atoms with Crippen molar-refractivity contribution in [3.05, 3.63) is 48.3 Å². The van der Waals surface area contributed by atoms with Gasteiger partial charge in [-0.2, -0.15) is 0 Å². The Morgan fingerprint density at radius 3 is 2.82 bits per heavy atom. The van der Waals surface area contributed by atoms with E-state index in [2.05, 4.69) is 15.1 Å². The van der Waals surface area contributed by atoms with Crippen LogP contribution in [0, 0.1) is 0 Å². The molecule has 0 radical (unpaired) electrons. The van der Waals surface area contributed by atoms with Crippen molar-refractivity contribution >= 4 is 11.9 Å². The Balaban J connectivity index is 2.24. The Bertz CT molecular complexity index is 675. The van der Waals surface area contributed by atoms with Crippen LogP contribution in [0.4, 0.5) is 0 Å². The van der Waals surface area contributed by atoms with E-state index in [0.29, 0.717) is 22.9 Å². The van der Waals surface area contributed by atoms with Crippen LogP contribution in [0.15, 0.2) is 42.6 Å². The number of pyridine rings is 2. The molecule has 0 bridgehead atoms. The summed E-state index contributed by atoms with van der Waals surface area (Å²) in [6.07, 6.45) is 2.44. The molecule has 0 N–H and O–H groups in total. The molecular formula is C12H8N4O. The maximum atomic E-state index is 10.9. The number of hydrogen-bond donors (Lipinski definition) is 0. The Kier molecular flexibility index (Phi) is 2.15. The molecule has 5 nitrogen and oxygen atoms in total. The third-order valence-corrected chi connectivity index (χ3v) is 2.40. The molecule has 5 heteroatoms. The fourth-order valence-electron chi connectivity index (χ4n) is 1.62. The van der Waals surface area contributed by atoms with Gasteiger partial charge in [0.1, 0.15) is 11.4 Å². The van der Waals surface area contributed by atoms with Gasteiger partial charge in [-0.1, -0.05) is 12.1 Å². The van der Waals surface area contributed by atoms with Crippen molar-refractivity contribution in [3.8, 4) is 11.5 Å². The largest absolute Gasteiger partial charge is 0.296 e. The van der Waals surface area contributed by atoms with E-state index in [-0.39, 0.29) is 0 Å². The highest BCUT2D eigenvalue weighted by Gasteiger charge is 2.08. The van der Waals surface area contributed by atoms with E-state index in [1.165, 1.54) is 4.52 Å². The Morgan fingerprint density at radius 2 is 2.06 bits per heavy atom. The number of nitrogens with zero attached hydrogens (tertiary/aromatic N) is 4. The van der Waals surface area contributed by atoms with Gasteiger partial charge in [0.15, 0.2) is 11.9 Å². The minimum absolute atomic E-state index is 0.470. The van der Waals surface area contributed by atoms with Crippen molar-refractivity contribution in [2.75, 3.05) is 0 Å². The number of aldehydes is 1. The highest BCUT2D eigenvalue weighted by Crippen LogP contribution is 2.13. The van der Waals surface area contributed by atoms with Gasteiger partial charge < -0.3 is 0 Å². The molecule has 0 spiro atoms. The minimum atomic E-state index is 0.470. The average molecular weight is 224 g/mol. The van der Waals surface area contributed by atoms with Gasteiger partial charge in [-0.05, 0) is 24.3 Å². The topological polar surface area (TPSA) is 60.2 Å². The van der Waals surface area contributed by atoms with E-state index in [4.69, 9.17) is 0 Å². The lowest BCUT2D eigenvalue weighted by atomic mass is 10.3. The molecule has 17 heavy (non-hydrogen) atoms. The summed E-state index contributed by atoms with van der Waals surface area (Å²) in [6, 6.07) is 10.8. The number of carbonyl (C=O) groups is 1. The molecular weight excluding hydrogens is 216 g/mol. The predicted octanol–water partition coefficient (Wildman–Crippen LogP) is 1.60. The van der Waals surface area contributed by atoms with Crippen molar-refractivity contribution in [1.29, 1.82) is 0 Å². The van der Waals surface area contributed by atoms with Crippen molar-refractivity contribution in [2.45, 2.75) is 0 Å². The molecule has 0 unspecified atom stereocenters. The number of fused-ring (bicyclic) bond motifs is 1. The smallest absolute Gasteiger partial charge is 0.200 e. The van der Waals surface area contributed by atoms with Crippen molar-refractivity contribution in [1.82, 2.24) is 19.6 Å². The van der Waals surface area contributed by atoms with Crippen LogP contribution >= 0.6 is 0 Å². The van der Waals surface area contributed by atoms with Gasteiger partial charge in [0.25, 0.3) is 0 Å². The molecule has 0 fully saturated rings. The number of carbonyl (C=O) groups excluding carboxylic acids is 1. The first-order chi connectivity index (χ1) is 8.38. The minimum Gasteiger partial charge on any atom is -0.296 e. The maximum Gasteiger partial charge on any atom is 0.200 e. The predicted molar refractivity (Wildman–Crippen MR) is 61.6 cm³/mol. The fourth-order valence-corrected chi connectivity index (χ4v) is 1.62. The first-order valence-corrected chi connectivity index (χ1v) is 5.11. The molecule has 3 aromatic heterocycles. The van der Waals surface area contributed by atoms with E-state index < -0.39 is 0 Å². The lowest BCUT2D eigenvalue weighted by molar-refractivity contribution is 0.111. The fraction of sp³-hybridized carbons (Fsp3) is 0. The third-order valence-electron chi connectivity index (χ3n) is 2.40. The van der Waals surface area contributed by atoms with Gasteiger partial charge in [-0.15, -0.1) is 5.10 Å². The lowest BCUT2D eigenvalue weighted by Gasteiger charge is -1.93. The molecule has 0 amide bonds. The van der Waals surface area contributed by atoms with Crippen LogP contribution in [0.2, 0.25) is 0 Å². The molecule has 3 aromatic rings. The van der Waals surface area contributed by atoms with E-state index >= 15 is 0 Å². The van der Waals surface area contributed by atoms with Crippen molar-refractivity contribution in [2.24, 2.45) is 0 Å². The molecule has 3 heterocycles. The zero-order chi connectivity index (χ0) is 11.7. The van der Waals surface area contributed by atoms with Gasteiger partial charge in [0.2, 0.25) is 5.82 Å². The SMILES string of the molecule is O=Cc1cccc2nc(-c3ccccn3)nn12. The van der Waals surface area contributed by atoms with E-state index in [0.717, 1.165) is 6.29 Å². The van der Waals surface area contributed by atoms with Crippen LogP contribution in [-0.2, 0) is 0 Å². The molecule has 0 aliphatic heterocycles. The van der Waals surface area contributed by atoms with E-state index in [9.17, 15) is 4.79 Å². The van der Waals surface area contributed by atoms with Gasteiger partial charge >= 0.3 is 0 Å². The molecule has 0 atom stereocenters. The van der Waals surface area contributed by atoms with Crippen LogP contribution < -0.4 is 0 Å². The van der Waals surface area contributed by atoms with Gasteiger partial charge in [0.05, 0.1) is 0 Å². The third kappa shape index (κ3) is 1.57. The molecule has 0 saturated carbocycles. The van der Waals surface area contributed by atoms with Gasteiger partial charge in [-0.3, -0.25) is 9.78 Å². The Labute approximate surface area is 96.8 Å². The van der Waals surface area contributed by atoms with Gasteiger partial charge in [-0.25, -0.2) is 9.50 Å². The summed E-state index contributed by atoms with van der Waals surface area (Å²) < 4.78 is 1.51. The number of rotatable bonds is 2. The highest BCUT2D eigenvalue weighted by atomic mass is 16.1. The summed E-state index contributed by atoms with van der Waals surface area (Å²) in [4.78, 5) is 19.4. The van der Waals surface area contributed by atoms with Crippen LogP contribution in [0.5, 0.6) is 0 Å². The van der Waals surface area contributed by atoms with Crippen molar-refractivity contribution in [3.63, 3.8) is 0 Å². The van der Waals surface area contributed by atoms with Crippen molar-refractivity contribution < 1.29 is 4.79 Å². The second-order valence-corrected chi connectivity index (χ2v) is 3.49. The summed E-state index contributed by atoms with van der Waals surface area (Å²) in [7, 11) is 0. The average Bonchev–Trinajstić information content (AvgIpc) is 2.83. The maximum absolute atomic E-state index is 10.9. The normalized spacial score (nSPS) is 10.6. The quantitative estimate of drug-likeness (QED) is 0.620. The first kappa shape index (κ1) is 9.65. The molecule has 0 aromatic carbocycles. The summed E-state index contributed by atoms with van der Waals surface area (Å²) in [5.74, 6) is 0.514. The second kappa shape index (κ2) is 3.79. The zero-order valence-electron chi connectivity index (χ0n) is 8.82. The Morgan fingerprint density at radius 1 is 1.12 bits per heavy atom. The lowest BCUT2D eigenvalue weighted by Crippen LogP contribution is -1.96. The summed E-state index contributed by atoms with van der Waals surface area (Å²) in [5.41, 5.74) is 1.79. The molecule has 0 aliphatic carbocycles. The standard InChI is InChI=1S/C12H8N4O/c17-8-9-4-3-6-11-14-12(15-16(9)11)10-5-1-2-7-13-10/h1-8H. The van der Waals surface area contributed by atoms with E-state index in [1.807, 2.05) is 18.2 Å². The first-order valence-electron chi connectivity index (χ1n) is 5.11. The van der Waals surface area contributed by atoms with E-state index in [1.54, 1.807) is 24.4 Å². The summed E-state index contributed by atoms with van der Waals surface area (Å²) in [6.45, 7) is 0. The molecule has 0 saturated heterocycles. The van der Waals surface area contributed by atoms with Crippen LogP contribution in [0.1, 0.15) is 10.5 Å². The zero-order valence-corrected chi connectivity index (χ0v) is 8.82. The second-order valence-electron chi connectivity index (χ2n) is 3.49. The number of hydrogen-bond acceptors (Lipinski definition) is 4. The van der Waals surface area contributed by atoms with Crippen LogP contribution in [0.25, 0.3) is 17.2 Å². The number of aromatic nitrogens is 4. The summed E-state index contributed by atoms with van der Waals surface area (Å²) >= 11 is 0. The Hall–Kier alpha value is -2.56. The van der Waals surface area contributed by atoms with Gasteiger partial charge in [0, 0.05) is 6.20 Å². The van der Waals surface area contributed by atoms with Crippen LogP contribution in [0.3, 0.4) is 0 Å². The molecule has 0 aliphatic rings. The molecule has 82 valence electrons. The monoisotopic (exact) mass is 224 g/mol. The van der Waals surface area contributed by atoms with Crippen LogP contribution in [-0.4, -0.2) is 25.9 Å². The summed E-state index contributed by atoms with van der Waals surface area (Å²) in [5, 5.41) is 4.27.